The molecule has 1 heterocycles. The van der Waals surface area contributed by atoms with Crippen molar-refractivity contribution >= 4 is 28.5 Å². The quantitative estimate of drug-likeness (QED) is 0.786. The van der Waals surface area contributed by atoms with Crippen LogP contribution in [0.2, 0.25) is 0 Å². The van der Waals surface area contributed by atoms with Gasteiger partial charge in [0.2, 0.25) is 0 Å². The number of hydrogen-bond donors (Lipinski definition) is 1. The molecule has 0 aliphatic carbocycles. The number of esters is 1. The summed E-state index contributed by atoms with van der Waals surface area (Å²) in [5.41, 5.74) is -1.30. The number of ether oxygens (including phenoxy) is 1. The number of methoxy groups -OCH3 is 1. The molecule has 6 heteroatoms. The average Bonchev–Trinajstić information content (AvgIpc) is 2.45. The third kappa shape index (κ3) is 2.72. The number of aliphatic hydroxyl groups is 1. The Balaban J connectivity index is 3.23. The number of carbonyl (C=O) groups is 1. The van der Waals surface area contributed by atoms with Crippen LogP contribution in [-0.2, 0) is 20.3 Å². The van der Waals surface area contributed by atoms with Crippen LogP contribution in [0.4, 0.5) is 0 Å². The zero-order valence-electron chi connectivity index (χ0n) is 12.1. The Kier molecular flexibility index (Phi) is 5.89. The first-order chi connectivity index (χ1) is 8.89. The van der Waals surface area contributed by atoms with E-state index >= 15 is 0 Å². The summed E-state index contributed by atoms with van der Waals surface area (Å²) in [6.45, 7) is 5.43. The molecule has 1 aliphatic rings. The van der Waals surface area contributed by atoms with E-state index < -0.39 is 32.4 Å². The summed E-state index contributed by atoms with van der Waals surface area (Å²) in [4.78, 5) is 11.8. The Morgan fingerprint density at radius 2 is 2.21 bits per heavy atom. The molecule has 112 valence electrons. The second-order valence-electron chi connectivity index (χ2n) is 4.88. The van der Waals surface area contributed by atoms with E-state index in [0.717, 1.165) is 12.2 Å². The Labute approximate surface area is 122 Å². The van der Waals surface area contributed by atoms with Crippen molar-refractivity contribution in [2.45, 2.75) is 49.7 Å². The minimum Gasteiger partial charge on any atom is -0.469 e. The zero-order valence-corrected chi connectivity index (χ0v) is 13.7. The molecule has 0 unspecified atom stereocenters. The van der Waals surface area contributed by atoms with Gasteiger partial charge in [0.1, 0.15) is 9.68 Å². The molecule has 0 amide bonds. The van der Waals surface area contributed by atoms with Gasteiger partial charge >= 0.3 is 5.97 Å². The highest BCUT2D eigenvalue weighted by atomic mass is 32.2. The van der Waals surface area contributed by atoms with Crippen LogP contribution in [-0.4, -0.2) is 43.6 Å². The second-order valence-corrected chi connectivity index (χ2v) is 8.33. The van der Waals surface area contributed by atoms with Gasteiger partial charge in [-0.05, 0) is 31.9 Å². The average molecular weight is 308 g/mol. The van der Waals surface area contributed by atoms with E-state index in [9.17, 15) is 14.1 Å². The van der Waals surface area contributed by atoms with Crippen molar-refractivity contribution in [3.05, 3.63) is 0 Å². The molecule has 0 radical (unpaired) electrons. The predicted molar refractivity (Wildman–Crippen MR) is 79.5 cm³/mol. The first kappa shape index (κ1) is 17.0. The lowest BCUT2D eigenvalue weighted by atomic mass is 9.81. The fraction of sp³-hybridized carbons (Fsp3) is 0.923. The van der Waals surface area contributed by atoms with Crippen molar-refractivity contribution in [1.29, 1.82) is 0 Å². The summed E-state index contributed by atoms with van der Waals surface area (Å²) in [6, 6.07) is 0. The van der Waals surface area contributed by atoms with E-state index in [0.29, 0.717) is 18.6 Å². The van der Waals surface area contributed by atoms with Gasteiger partial charge in [-0.1, -0.05) is 13.8 Å². The molecule has 0 aromatic carbocycles. The molecule has 19 heavy (non-hydrogen) atoms. The highest BCUT2D eigenvalue weighted by Crippen LogP contribution is 2.50. The van der Waals surface area contributed by atoms with Crippen LogP contribution in [0.15, 0.2) is 0 Å². The van der Waals surface area contributed by atoms with Crippen LogP contribution < -0.4 is 0 Å². The van der Waals surface area contributed by atoms with Crippen LogP contribution >= 0.6 is 11.8 Å². The van der Waals surface area contributed by atoms with E-state index in [1.165, 1.54) is 7.11 Å². The third-order valence-electron chi connectivity index (χ3n) is 4.11. The minimum absolute atomic E-state index is 0.385. The largest absolute Gasteiger partial charge is 0.469 e. The van der Waals surface area contributed by atoms with E-state index in [-0.39, 0.29) is 0 Å². The number of carbonyl (C=O) groups excluding carboxylic acids is 1. The maximum Gasteiger partial charge on any atom is 0.311 e. The Morgan fingerprint density at radius 1 is 1.58 bits per heavy atom. The summed E-state index contributed by atoms with van der Waals surface area (Å²) in [7, 11) is 0.178. The first-order valence-corrected chi connectivity index (χ1v) is 9.02. The van der Waals surface area contributed by atoms with Crippen molar-refractivity contribution in [1.82, 2.24) is 0 Å². The van der Waals surface area contributed by atoms with Gasteiger partial charge in [-0.15, -0.1) is 11.8 Å². The van der Waals surface area contributed by atoms with Gasteiger partial charge in [0.25, 0.3) is 0 Å². The molecule has 1 saturated heterocycles. The van der Waals surface area contributed by atoms with E-state index in [1.807, 2.05) is 13.8 Å². The van der Waals surface area contributed by atoms with Crippen molar-refractivity contribution in [3.63, 3.8) is 0 Å². The molecule has 1 N–H and O–H groups in total. The lowest BCUT2D eigenvalue weighted by Crippen LogP contribution is -2.61. The van der Waals surface area contributed by atoms with Crippen LogP contribution in [0.3, 0.4) is 0 Å². The van der Waals surface area contributed by atoms with Crippen LogP contribution in [0.25, 0.3) is 0 Å². The summed E-state index contributed by atoms with van der Waals surface area (Å²) in [6.07, 6.45) is 1.86. The van der Waals surface area contributed by atoms with Gasteiger partial charge in [0.15, 0.2) is 0 Å². The lowest BCUT2D eigenvalue weighted by molar-refractivity contribution is -0.155. The monoisotopic (exact) mass is 308 g/mol. The van der Waals surface area contributed by atoms with Crippen LogP contribution in [0, 0.1) is 5.92 Å². The molecule has 0 saturated carbocycles. The van der Waals surface area contributed by atoms with Crippen LogP contribution in [0.5, 0.6) is 0 Å². The fourth-order valence-electron chi connectivity index (χ4n) is 2.83. The molecule has 4 nitrogen and oxygen atoms in total. The van der Waals surface area contributed by atoms with Gasteiger partial charge in [0.05, 0.1) is 13.0 Å². The van der Waals surface area contributed by atoms with Crippen molar-refractivity contribution in [2.75, 3.05) is 18.6 Å². The molecule has 4 atom stereocenters. The lowest BCUT2D eigenvalue weighted by Gasteiger charge is -2.49. The Morgan fingerprint density at radius 3 is 2.63 bits per heavy atom. The molecule has 0 spiro atoms. The maximum absolute atomic E-state index is 12.5. The topological polar surface area (TPSA) is 63.6 Å². The molecule has 1 fully saturated rings. The standard InChI is InChI=1S/C13H24O4S2/c1-5-12(15,10(3)11(14)17-4)13(6-2)18-8-7-9-19(13)16/h10,15H,5-9H2,1-4H3/t10-,12-,13+,19-/m1/s1. The van der Waals surface area contributed by atoms with E-state index in [2.05, 4.69) is 0 Å². The highest BCUT2D eigenvalue weighted by Gasteiger charge is 2.58. The minimum atomic E-state index is -1.30. The SMILES string of the molecule is CC[C@@](O)([C@H](C)C(=O)OC)[C@@]1(CC)SCCC[S@]1=O. The van der Waals surface area contributed by atoms with Crippen LogP contribution in [0.1, 0.15) is 40.0 Å². The van der Waals surface area contributed by atoms with Gasteiger partial charge < -0.3 is 9.84 Å². The summed E-state index contributed by atoms with van der Waals surface area (Å²) >= 11 is 1.55. The second kappa shape index (κ2) is 6.59. The van der Waals surface area contributed by atoms with Crippen molar-refractivity contribution in [3.8, 4) is 0 Å². The van der Waals surface area contributed by atoms with Gasteiger partial charge in [-0.25, -0.2) is 0 Å². The summed E-state index contributed by atoms with van der Waals surface area (Å²) in [5, 5.41) is 11.1. The molecular formula is C13H24O4S2. The molecule has 0 bridgehead atoms. The molecule has 0 aromatic rings. The van der Waals surface area contributed by atoms with Crippen molar-refractivity contribution in [2.24, 2.45) is 5.92 Å². The fourth-order valence-corrected chi connectivity index (χ4v) is 7.20. The van der Waals surface area contributed by atoms with Gasteiger partial charge in [-0.2, -0.15) is 0 Å². The predicted octanol–water partition coefficient (Wildman–Crippen LogP) is 1.93. The normalized spacial score (nSPS) is 32.4. The Hall–Kier alpha value is -0.0700. The summed E-state index contributed by atoms with van der Waals surface area (Å²) in [5.74, 6) is 0.338. The Bertz CT molecular complexity index is 361. The van der Waals surface area contributed by atoms with E-state index in [4.69, 9.17) is 4.74 Å². The highest BCUT2D eigenvalue weighted by molar-refractivity contribution is 8.13. The molecular weight excluding hydrogens is 284 g/mol. The molecule has 0 aromatic heterocycles. The zero-order chi connectivity index (χ0) is 14.7. The van der Waals surface area contributed by atoms with E-state index in [1.54, 1.807) is 18.7 Å². The maximum atomic E-state index is 12.5. The number of thioether (sulfide) groups is 1. The van der Waals surface area contributed by atoms with Crippen molar-refractivity contribution < 1.29 is 18.8 Å². The molecule has 1 aliphatic heterocycles. The third-order valence-corrected chi connectivity index (χ3v) is 8.66. The first-order valence-electron chi connectivity index (χ1n) is 6.72. The summed E-state index contributed by atoms with van der Waals surface area (Å²) < 4.78 is 16.5. The smallest absolute Gasteiger partial charge is 0.311 e. The number of hydrogen-bond acceptors (Lipinski definition) is 5. The van der Waals surface area contributed by atoms with Gasteiger partial charge in [0, 0.05) is 16.6 Å². The van der Waals surface area contributed by atoms with Gasteiger partial charge in [-0.3, -0.25) is 9.00 Å². The number of rotatable bonds is 5. The molecule has 1 rings (SSSR count).